The topological polar surface area (TPSA) is 63.0 Å². The summed E-state index contributed by atoms with van der Waals surface area (Å²) in [5.74, 6) is 0.657. The summed E-state index contributed by atoms with van der Waals surface area (Å²) in [6, 6.07) is 1.82. The van der Waals surface area contributed by atoms with Crippen molar-refractivity contribution in [3.63, 3.8) is 0 Å². The number of nitrogens with zero attached hydrogens (tertiary/aromatic N) is 2. The molecule has 2 aliphatic rings. The fourth-order valence-electron chi connectivity index (χ4n) is 3.84. The standard InChI is InChI=1S/C18H26N2O4/c1-14-4-11-24-16(14)17(22)19-8-6-18(7-9-19)5-3-15(21)20(13-18)10-12-23-2/h4,11H,3,5-10,12-13H2,1-2H3. The first-order valence-corrected chi connectivity index (χ1v) is 8.65. The quantitative estimate of drug-likeness (QED) is 0.846. The largest absolute Gasteiger partial charge is 0.459 e. The van der Waals surface area contributed by atoms with E-state index in [-0.39, 0.29) is 17.2 Å². The summed E-state index contributed by atoms with van der Waals surface area (Å²) in [6.07, 6.45) is 4.98. The number of hydrogen-bond acceptors (Lipinski definition) is 4. The SMILES string of the molecule is COCCN1CC2(CCC1=O)CCN(C(=O)c1occc1C)CC2. The van der Waals surface area contributed by atoms with Crippen LogP contribution in [0.4, 0.5) is 0 Å². The summed E-state index contributed by atoms with van der Waals surface area (Å²) in [5, 5.41) is 0. The molecule has 2 saturated heterocycles. The molecule has 1 aromatic rings. The first-order valence-electron chi connectivity index (χ1n) is 8.65. The van der Waals surface area contributed by atoms with E-state index in [0.29, 0.717) is 25.3 Å². The molecule has 1 spiro atoms. The lowest BCUT2D eigenvalue weighted by Gasteiger charge is -2.47. The van der Waals surface area contributed by atoms with Crippen LogP contribution in [0.15, 0.2) is 16.7 Å². The Labute approximate surface area is 142 Å². The maximum absolute atomic E-state index is 12.6. The van der Waals surface area contributed by atoms with Gasteiger partial charge in [0.15, 0.2) is 5.76 Å². The van der Waals surface area contributed by atoms with E-state index in [0.717, 1.165) is 44.5 Å². The number of rotatable bonds is 4. The van der Waals surface area contributed by atoms with Crippen molar-refractivity contribution in [3.05, 3.63) is 23.7 Å². The fourth-order valence-corrected chi connectivity index (χ4v) is 3.84. The number of furan rings is 1. The highest BCUT2D eigenvalue weighted by atomic mass is 16.5. The number of ether oxygens (including phenoxy) is 1. The minimum Gasteiger partial charge on any atom is -0.459 e. The fraction of sp³-hybridized carbons (Fsp3) is 0.667. The summed E-state index contributed by atoms with van der Waals surface area (Å²) in [4.78, 5) is 28.5. The molecule has 6 nitrogen and oxygen atoms in total. The van der Waals surface area contributed by atoms with Gasteiger partial charge in [-0.1, -0.05) is 0 Å². The summed E-state index contributed by atoms with van der Waals surface area (Å²) in [6.45, 7) is 5.37. The summed E-state index contributed by atoms with van der Waals surface area (Å²) in [5.41, 5.74) is 1.03. The lowest BCUT2D eigenvalue weighted by molar-refractivity contribution is -0.139. The number of carbonyl (C=O) groups is 2. The van der Waals surface area contributed by atoms with Gasteiger partial charge in [0.25, 0.3) is 5.91 Å². The highest BCUT2D eigenvalue weighted by Crippen LogP contribution is 2.40. The molecule has 0 N–H and O–H groups in total. The van der Waals surface area contributed by atoms with Crippen molar-refractivity contribution in [3.8, 4) is 0 Å². The van der Waals surface area contributed by atoms with Crippen molar-refractivity contribution in [2.24, 2.45) is 5.41 Å². The van der Waals surface area contributed by atoms with E-state index in [1.54, 1.807) is 13.4 Å². The van der Waals surface area contributed by atoms with Gasteiger partial charge in [-0.3, -0.25) is 9.59 Å². The smallest absolute Gasteiger partial charge is 0.289 e. The normalized spacial score (nSPS) is 20.7. The zero-order valence-electron chi connectivity index (χ0n) is 14.5. The number of likely N-dealkylation sites (tertiary alicyclic amines) is 2. The van der Waals surface area contributed by atoms with Gasteiger partial charge in [-0.05, 0) is 37.7 Å². The zero-order valence-corrected chi connectivity index (χ0v) is 14.5. The van der Waals surface area contributed by atoms with Crippen LogP contribution in [0, 0.1) is 12.3 Å². The van der Waals surface area contributed by atoms with E-state index >= 15 is 0 Å². The monoisotopic (exact) mass is 334 g/mol. The molecule has 2 aliphatic heterocycles. The van der Waals surface area contributed by atoms with Crippen LogP contribution < -0.4 is 0 Å². The van der Waals surface area contributed by atoms with Crippen LogP contribution in [-0.2, 0) is 9.53 Å². The Morgan fingerprint density at radius 2 is 2.08 bits per heavy atom. The Balaban J connectivity index is 1.60. The van der Waals surface area contributed by atoms with E-state index in [9.17, 15) is 9.59 Å². The maximum atomic E-state index is 12.6. The molecule has 0 aliphatic carbocycles. The number of methoxy groups -OCH3 is 1. The van der Waals surface area contributed by atoms with Crippen molar-refractivity contribution in [2.45, 2.75) is 32.6 Å². The summed E-state index contributed by atoms with van der Waals surface area (Å²) >= 11 is 0. The van der Waals surface area contributed by atoms with Gasteiger partial charge in [0.1, 0.15) is 0 Å². The average Bonchev–Trinajstić information content (AvgIpc) is 3.02. The minimum absolute atomic E-state index is 0.0181. The van der Waals surface area contributed by atoms with Gasteiger partial charge >= 0.3 is 0 Å². The van der Waals surface area contributed by atoms with Crippen molar-refractivity contribution in [1.82, 2.24) is 9.80 Å². The van der Waals surface area contributed by atoms with Crippen LogP contribution in [-0.4, -0.2) is 61.5 Å². The molecule has 0 saturated carbocycles. The van der Waals surface area contributed by atoms with E-state index in [1.165, 1.54) is 0 Å². The molecule has 0 radical (unpaired) electrons. The van der Waals surface area contributed by atoms with Crippen molar-refractivity contribution in [2.75, 3.05) is 39.9 Å². The van der Waals surface area contributed by atoms with Crippen LogP contribution in [0.5, 0.6) is 0 Å². The van der Waals surface area contributed by atoms with Gasteiger partial charge in [0.05, 0.1) is 12.9 Å². The van der Waals surface area contributed by atoms with Gasteiger partial charge in [-0.15, -0.1) is 0 Å². The molecular formula is C18H26N2O4. The number of piperidine rings is 2. The number of aryl methyl sites for hydroxylation is 1. The summed E-state index contributed by atoms with van der Waals surface area (Å²) in [7, 11) is 1.66. The van der Waals surface area contributed by atoms with Gasteiger partial charge in [-0.25, -0.2) is 0 Å². The first-order chi connectivity index (χ1) is 11.5. The van der Waals surface area contributed by atoms with Crippen LogP contribution in [0.3, 0.4) is 0 Å². The van der Waals surface area contributed by atoms with Gasteiger partial charge in [0, 0.05) is 45.3 Å². The molecule has 0 bridgehead atoms. The second-order valence-electron chi connectivity index (χ2n) is 7.03. The highest BCUT2D eigenvalue weighted by molar-refractivity contribution is 5.92. The number of amides is 2. The van der Waals surface area contributed by atoms with Crippen LogP contribution in [0.25, 0.3) is 0 Å². The second kappa shape index (κ2) is 6.97. The molecule has 0 unspecified atom stereocenters. The van der Waals surface area contributed by atoms with Crippen molar-refractivity contribution in [1.29, 1.82) is 0 Å². The molecule has 3 rings (SSSR count). The number of hydrogen-bond donors (Lipinski definition) is 0. The van der Waals surface area contributed by atoms with Crippen molar-refractivity contribution >= 4 is 11.8 Å². The van der Waals surface area contributed by atoms with Crippen LogP contribution >= 0.6 is 0 Å². The molecule has 24 heavy (non-hydrogen) atoms. The molecule has 2 fully saturated rings. The first kappa shape index (κ1) is 17.0. The molecule has 3 heterocycles. The molecule has 2 amide bonds. The van der Waals surface area contributed by atoms with E-state index in [4.69, 9.17) is 9.15 Å². The Kier molecular flexibility index (Phi) is 4.94. The third-order valence-electron chi connectivity index (χ3n) is 5.48. The second-order valence-corrected chi connectivity index (χ2v) is 7.03. The molecule has 6 heteroatoms. The van der Waals surface area contributed by atoms with Crippen LogP contribution in [0.1, 0.15) is 41.8 Å². The molecule has 132 valence electrons. The van der Waals surface area contributed by atoms with Gasteiger partial charge in [-0.2, -0.15) is 0 Å². The lowest BCUT2D eigenvalue weighted by Crippen LogP contribution is -2.52. The lowest BCUT2D eigenvalue weighted by atomic mass is 9.72. The third-order valence-corrected chi connectivity index (χ3v) is 5.48. The average molecular weight is 334 g/mol. The molecule has 0 atom stereocenters. The Morgan fingerprint density at radius 1 is 1.33 bits per heavy atom. The Bertz CT molecular complexity index is 602. The molecule has 1 aromatic heterocycles. The third kappa shape index (κ3) is 3.34. The highest BCUT2D eigenvalue weighted by Gasteiger charge is 2.42. The molecule has 0 aromatic carbocycles. The molecular weight excluding hydrogens is 308 g/mol. The minimum atomic E-state index is -0.0181. The predicted octanol–water partition coefficient (Wildman–Crippen LogP) is 2.08. The van der Waals surface area contributed by atoms with E-state index in [2.05, 4.69) is 0 Å². The predicted molar refractivity (Wildman–Crippen MR) is 88.7 cm³/mol. The van der Waals surface area contributed by atoms with Gasteiger partial charge < -0.3 is 19.0 Å². The van der Waals surface area contributed by atoms with Gasteiger partial charge in [0.2, 0.25) is 5.91 Å². The zero-order chi connectivity index (χ0) is 17.2. The Hall–Kier alpha value is -1.82. The Morgan fingerprint density at radius 3 is 2.71 bits per heavy atom. The number of carbonyl (C=O) groups excluding carboxylic acids is 2. The maximum Gasteiger partial charge on any atom is 0.289 e. The summed E-state index contributed by atoms with van der Waals surface area (Å²) < 4.78 is 10.4. The van der Waals surface area contributed by atoms with E-state index < -0.39 is 0 Å². The van der Waals surface area contributed by atoms with Crippen molar-refractivity contribution < 1.29 is 18.7 Å². The van der Waals surface area contributed by atoms with Crippen LogP contribution in [0.2, 0.25) is 0 Å². The van der Waals surface area contributed by atoms with E-state index in [1.807, 2.05) is 22.8 Å².